The second kappa shape index (κ2) is 21.7. The number of carbonyl (C=O) groups is 2. The molecule has 2 unspecified atom stereocenters. The van der Waals surface area contributed by atoms with Crippen LogP contribution in [-0.2, 0) is 11.3 Å². The molecule has 0 aromatic heterocycles. The summed E-state index contributed by atoms with van der Waals surface area (Å²) in [5, 5.41) is 3.89. The van der Waals surface area contributed by atoms with Crippen LogP contribution in [-0.4, -0.2) is 18.8 Å². The lowest BCUT2D eigenvalue weighted by atomic mass is 9.87. The fraction of sp³-hybridized carbons (Fsp3) is 0.463. The van der Waals surface area contributed by atoms with Gasteiger partial charge in [0.2, 0.25) is 0 Å². The molecule has 1 aliphatic carbocycles. The van der Waals surface area contributed by atoms with Crippen molar-refractivity contribution in [1.82, 2.24) is 5.32 Å². The summed E-state index contributed by atoms with van der Waals surface area (Å²) in [6, 6.07) is 16.9. The van der Waals surface area contributed by atoms with Gasteiger partial charge in [0.25, 0.3) is 5.91 Å². The van der Waals surface area contributed by atoms with Gasteiger partial charge in [0, 0.05) is 34.1 Å². The molecule has 1 amide bonds. The predicted molar refractivity (Wildman–Crippen MR) is 201 cm³/mol. The zero-order valence-corrected chi connectivity index (χ0v) is 31.3. The monoisotopic (exact) mass is 697 g/mol. The molecule has 4 nitrogen and oxygen atoms in total. The Morgan fingerprint density at radius 1 is 0.938 bits per heavy atom. The second-order valence-electron chi connectivity index (χ2n) is 12.9. The third-order valence-electron chi connectivity index (χ3n) is 8.66. The largest absolute Gasteiger partial charge is 0.496 e. The molecular formula is C41H54Cl2FNO3. The highest BCUT2D eigenvalue weighted by molar-refractivity contribution is 6.35. The average molecular weight is 699 g/mol. The number of allylic oxidation sites excluding steroid dienone is 1. The van der Waals surface area contributed by atoms with Gasteiger partial charge in [-0.15, -0.1) is 0 Å². The molecule has 48 heavy (non-hydrogen) atoms. The van der Waals surface area contributed by atoms with Crippen LogP contribution in [0, 0.1) is 30.5 Å². The summed E-state index contributed by atoms with van der Waals surface area (Å²) in [5.74, 6) is 2.33. The maximum atomic E-state index is 13.2. The number of nitrogens with one attached hydrogen (secondary N) is 1. The molecule has 1 N–H and O–H groups in total. The lowest BCUT2D eigenvalue weighted by Crippen LogP contribution is -2.24. The van der Waals surface area contributed by atoms with Gasteiger partial charge in [-0.05, 0) is 97.5 Å². The number of ether oxygens (including phenoxy) is 1. The SMILES string of the molecule is C/C=C(/C(=O)NCc1cccc(F)c1)c1cccc(OC)c1C.CC1CCC(C)CC(CC(=O)c2cc(Cl)cc(Cl)c2)C1.CCCCC. The van der Waals surface area contributed by atoms with Crippen LogP contribution in [0.2, 0.25) is 10.0 Å². The molecular weight excluding hydrogens is 644 g/mol. The van der Waals surface area contributed by atoms with Crippen molar-refractivity contribution < 1.29 is 18.7 Å². The lowest BCUT2D eigenvalue weighted by Gasteiger charge is -2.18. The summed E-state index contributed by atoms with van der Waals surface area (Å²) < 4.78 is 18.5. The van der Waals surface area contributed by atoms with E-state index in [1.165, 1.54) is 44.2 Å². The van der Waals surface area contributed by atoms with Gasteiger partial charge >= 0.3 is 0 Å². The normalized spacial score (nSPS) is 17.5. The zero-order valence-electron chi connectivity index (χ0n) is 29.8. The van der Waals surface area contributed by atoms with Crippen molar-refractivity contribution in [2.75, 3.05) is 7.11 Å². The number of halogens is 3. The van der Waals surface area contributed by atoms with E-state index in [9.17, 15) is 14.0 Å². The number of benzene rings is 3. The Bertz CT molecular complexity index is 1450. The van der Waals surface area contributed by atoms with E-state index in [0.717, 1.165) is 47.1 Å². The van der Waals surface area contributed by atoms with Gasteiger partial charge in [0.15, 0.2) is 5.78 Å². The standard InChI is InChI=1S/C19H20FNO2.C17H22Cl2O.C5H12/c1-4-16(17-9-6-10-18(23-3)13(17)2)19(22)21-12-14-7-5-8-15(20)11-14;1-11-3-4-12(2)6-13(5-11)7-17(20)14-8-15(18)10-16(19)9-14;1-3-5-4-2/h4-11H,12H2,1-3H3,(H,21,22);8-13H,3-7H2,1-2H3;3-5H2,1-2H3/b16-4+;;. The van der Waals surface area contributed by atoms with Crippen molar-refractivity contribution in [2.45, 2.75) is 99.5 Å². The third kappa shape index (κ3) is 14.1. The van der Waals surface area contributed by atoms with E-state index in [1.54, 1.807) is 43.5 Å². The zero-order chi connectivity index (χ0) is 35.6. The number of amides is 1. The molecule has 0 radical (unpaired) electrons. The van der Waals surface area contributed by atoms with E-state index in [2.05, 4.69) is 33.0 Å². The quantitative estimate of drug-likeness (QED) is 0.130. The molecule has 0 saturated heterocycles. The van der Waals surface area contributed by atoms with Crippen LogP contribution in [0.1, 0.15) is 113 Å². The van der Waals surface area contributed by atoms with Gasteiger partial charge in [0.1, 0.15) is 11.6 Å². The van der Waals surface area contributed by atoms with Crippen LogP contribution in [0.3, 0.4) is 0 Å². The number of unbranched alkanes of at least 4 members (excludes halogenated alkanes) is 2. The molecule has 7 heteroatoms. The summed E-state index contributed by atoms with van der Waals surface area (Å²) >= 11 is 11.9. The number of rotatable bonds is 10. The molecule has 0 heterocycles. The lowest BCUT2D eigenvalue weighted by molar-refractivity contribution is -0.115. The highest BCUT2D eigenvalue weighted by Gasteiger charge is 2.24. The third-order valence-corrected chi connectivity index (χ3v) is 9.10. The molecule has 2 atom stereocenters. The Morgan fingerprint density at radius 2 is 1.54 bits per heavy atom. The summed E-state index contributed by atoms with van der Waals surface area (Å²) in [7, 11) is 1.60. The molecule has 1 fully saturated rings. The smallest absolute Gasteiger partial charge is 0.251 e. The van der Waals surface area contributed by atoms with E-state index in [4.69, 9.17) is 27.9 Å². The van der Waals surface area contributed by atoms with E-state index < -0.39 is 0 Å². The number of hydrogen-bond donors (Lipinski definition) is 1. The number of carbonyl (C=O) groups excluding carboxylic acids is 2. The van der Waals surface area contributed by atoms with Gasteiger partial charge in [0.05, 0.1) is 7.11 Å². The van der Waals surface area contributed by atoms with E-state index >= 15 is 0 Å². The van der Waals surface area contributed by atoms with Gasteiger partial charge in [-0.1, -0.05) is 113 Å². The fourth-order valence-electron chi connectivity index (χ4n) is 6.11. The summed E-state index contributed by atoms with van der Waals surface area (Å²) in [5.41, 5.74) is 3.66. The summed E-state index contributed by atoms with van der Waals surface area (Å²) in [4.78, 5) is 24.9. The molecule has 0 aliphatic heterocycles. The van der Waals surface area contributed by atoms with Crippen LogP contribution in [0.25, 0.3) is 5.57 Å². The van der Waals surface area contributed by atoms with Gasteiger partial charge < -0.3 is 10.1 Å². The van der Waals surface area contributed by atoms with Crippen molar-refractivity contribution in [3.63, 3.8) is 0 Å². The summed E-state index contributed by atoms with van der Waals surface area (Å²) in [6.45, 7) is 13.0. The molecule has 1 aliphatic rings. The predicted octanol–water partition coefficient (Wildman–Crippen LogP) is 12.1. The minimum Gasteiger partial charge on any atom is -0.496 e. The average Bonchev–Trinajstić information content (AvgIpc) is 3.20. The number of methoxy groups -OCH3 is 1. The highest BCUT2D eigenvalue weighted by atomic mass is 35.5. The number of Topliss-reactive ketones (excluding diaryl/α,β-unsaturated/α-hetero) is 1. The Kier molecular flexibility index (Phi) is 18.6. The molecule has 1 saturated carbocycles. The maximum absolute atomic E-state index is 13.2. The molecule has 262 valence electrons. The maximum Gasteiger partial charge on any atom is 0.251 e. The molecule has 3 aromatic rings. The van der Waals surface area contributed by atoms with Crippen molar-refractivity contribution in [3.8, 4) is 5.75 Å². The first-order valence-electron chi connectivity index (χ1n) is 17.2. The van der Waals surface area contributed by atoms with Crippen LogP contribution in [0.4, 0.5) is 4.39 Å². The molecule has 3 aromatic carbocycles. The second-order valence-corrected chi connectivity index (χ2v) is 13.8. The first kappa shape index (κ1) is 41.0. The first-order chi connectivity index (χ1) is 22.9. The van der Waals surface area contributed by atoms with Crippen molar-refractivity contribution in [2.24, 2.45) is 17.8 Å². The highest BCUT2D eigenvalue weighted by Crippen LogP contribution is 2.34. The summed E-state index contributed by atoms with van der Waals surface area (Å²) in [6.07, 6.45) is 11.3. The van der Waals surface area contributed by atoms with Crippen LogP contribution >= 0.6 is 23.2 Å². The van der Waals surface area contributed by atoms with Crippen LogP contribution in [0.5, 0.6) is 5.75 Å². The van der Waals surface area contributed by atoms with Crippen molar-refractivity contribution in [1.29, 1.82) is 0 Å². The van der Waals surface area contributed by atoms with Crippen LogP contribution in [0.15, 0.2) is 66.7 Å². The Labute approximate surface area is 298 Å². The van der Waals surface area contributed by atoms with E-state index in [-0.39, 0.29) is 24.1 Å². The minimum atomic E-state index is -0.313. The molecule has 4 rings (SSSR count). The Hall–Kier alpha value is -3.15. The van der Waals surface area contributed by atoms with Crippen molar-refractivity contribution >= 4 is 40.5 Å². The van der Waals surface area contributed by atoms with Gasteiger partial charge in [-0.25, -0.2) is 4.39 Å². The topological polar surface area (TPSA) is 55.4 Å². The Balaban J connectivity index is 0.000000294. The first-order valence-corrected chi connectivity index (χ1v) is 18.0. The van der Waals surface area contributed by atoms with Crippen molar-refractivity contribution in [3.05, 3.63) is 105 Å². The number of hydrogen-bond acceptors (Lipinski definition) is 3. The molecule has 0 spiro atoms. The Morgan fingerprint density at radius 3 is 2.06 bits per heavy atom. The number of ketones is 1. The fourth-order valence-corrected chi connectivity index (χ4v) is 6.64. The molecule has 0 bridgehead atoms. The van der Waals surface area contributed by atoms with Crippen LogP contribution < -0.4 is 10.1 Å². The van der Waals surface area contributed by atoms with Gasteiger partial charge in [-0.3, -0.25) is 9.59 Å². The van der Waals surface area contributed by atoms with E-state index in [0.29, 0.717) is 33.5 Å². The van der Waals surface area contributed by atoms with Gasteiger partial charge in [-0.2, -0.15) is 0 Å². The minimum absolute atomic E-state index is 0.167. The van der Waals surface area contributed by atoms with E-state index in [1.807, 2.05) is 32.0 Å².